The summed E-state index contributed by atoms with van der Waals surface area (Å²) < 4.78 is 6.59. The van der Waals surface area contributed by atoms with Gasteiger partial charge in [-0.2, -0.15) is 0 Å². The Balaban J connectivity index is 1.72. The number of anilines is 1. The summed E-state index contributed by atoms with van der Waals surface area (Å²) in [6.45, 7) is 1.19. The lowest BCUT2D eigenvalue weighted by Gasteiger charge is -2.33. The summed E-state index contributed by atoms with van der Waals surface area (Å²) in [4.78, 5) is 0. The maximum Gasteiger partial charge on any atom is 0.142 e. The molecule has 0 bridgehead atoms. The van der Waals surface area contributed by atoms with Crippen molar-refractivity contribution in [2.24, 2.45) is 5.92 Å². The minimum absolute atomic E-state index is 0.559. The molecule has 1 heterocycles. The van der Waals surface area contributed by atoms with Crippen molar-refractivity contribution in [1.29, 1.82) is 0 Å². The minimum Gasteiger partial charge on any atom is -0.495 e. The zero-order chi connectivity index (χ0) is 14.7. The van der Waals surface area contributed by atoms with Gasteiger partial charge in [-0.15, -0.1) is 0 Å². The molecular formula is C17H25BrN2O. The molecule has 2 fully saturated rings. The Morgan fingerprint density at radius 1 is 1.19 bits per heavy atom. The Bertz CT molecular complexity index is 474. The number of piperidine rings is 1. The quantitative estimate of drug-likeness (QED) is 0.852. The topological polar surface area (TPSA) is 33.3 Å². The zero-order valence-corrected chi connectivity index (χ0v) is 14.3. The van der Waals surface area contributed by atoms with E-state index in [1.54, 1.807) is 7.11 Å². The fraction of sp³-hybridized carbons (Fsp3) is 0.647. The van der Waals surface area contributed by atoms with E-state index < -0.39 is 0 Å². The summed E-state index contributed by atoms with van der Waals surface area (Å²) in [5, 5.41) is 7.49. The fourth-order valence-electron chi connectivity index (χ4n) is 3.89. The number of nitrogens with one attached hydrogen (secondary N) is 2. The van der Waals surface area contributed by atoms with Gasteiger partial charge in [-0.25, -0.2) is 0 Å². The van der Waals surface area contributed by atoms with Crippen LogP contribution in [0.5, 0.6) is 5.75 Å². The maximum absolute atomic E-state index is 5.49. The highest BCUT2D eigenvalue weighted by Gasteiger charge is 2.34. The second kappa shape index (κ2) is 7.01. The summed E-state index contributed by atoms with van der Waals surface area (Å²) in [5.41, 5.74) is 1.11. The van der Waals surface area contributed by atoms with Gasteiger partial charge < -0.3 is 15.4 Å². The van der Waals surface area contributed by atoms with E-state index in [4.69, 9.17) is 4.74 Å². The van der Waals surface area contributed by atoms with E-state index in [1.807, 2.05) is 12.1 Å². The van der Waals surface area contributed by atoms with Gasteiger partial charge in [-0.3, -0.25) is 0 Å². The van der Waals surface area contributed by atoms with Crippen LogP contribution in [0, 0.1) is 5.92 Å². The number of ether oxygens (including phenoxy) is 1. The standard InChI is InChI=1S/C17H25BrN2O/c1-21-17-9-8-12(18)11-16(17)20-15-7-4-5-13(15)14-6-2-3-10-19-14/h8-9,11,13-15,19-20H,2-7,10H2,1H3. The monoisotopic (exact) mass is 352 g/mol. The highest BCUT2D eigenvalue weighted by molar-refractivity contribution is 9.10. The molecule has 3 atom stereocenters. The van der Waals surface area contributed by atoms with Gasteiger partial charge in [0.05, 0.1) is 12.8 Å². The van der Waals surface area contributed by atoms with Gasteiger partial charge in [0.2, 0.25) is 0 Å². The molecule has 4 heteroatoms. The van der Waals surface area contributed by atoms with E-state index in [2.05, 4.69) is 32.6 Å². The van der Waals surface area contributed by atoms with Crippen LogP contribution in [0.4, 0.5) is 5.69 Å². The first-order valence-corrected chi connectivity index (χ1v) is 8.90. The first-order valence-electron chi connectivity index (χ1n) is 8.11. The van der Waals surface area contributed by atoms with Crippen LogP contribution in [0.1, 0.15) is 38.5 Å². The lowest BCUT2D eigenvalue weighted by Crippen LogP contribution is -2.44. The third kappa shape index (κ3) is 3.54. The molecule has 1 aromatic carbocycles. The first kappa shape index (κ1) is 15.2. The molecule has 1 aromatic rings. The average molecular weight is 353 g/mol. The van der Waals surface area contributed by atoms with E-state index in [9.17, 15) is 0 Å². The number of methoxy groups -OCH3 is 1. The van der Waals surface area contributed by atoms with Crippen LogP contribution in [0.25, 0.3) is 0 Å². The molecule has 0 aromatic heterocycles. The van der Waals surface area contributed by atoms with Gasteiger partial charge in [-0.1, -0.05) is 28.8 Å². The molecule has 1 aliphatic heterocycles. The molecule has 0 amide bonds. The third-order valence-electron chi connectivity index (χ3n) is 4.94. The summed E-state index contributed by atoms with van der Waals surface area (Å²) in [7, 11) is 1.74. The van der Waals surface area contributed by atoms with Crippen LogP contribution in [-0.4, -0.2) is 25.7 Å². The predicted molar refractivity (Wildman–Crippen MR) is 91.1 cm³/mol. The van der Waals surface area contributed by atoms with Crippen molar-refractivity contribution in [3.8, 4) is 5.75 Å². The second-order valence-electron chi connectivity index (χ2n) is 6.25. The lowest BCUT2D eigenvalue weighted by atomic mass is 9.88. The summed E-state index contributed by atoms with van der Waals surface area (Å²) in [6, 6.07) is 7.43. The minimum atomic E-state index is 0.559. The molecule has 1 aliphatic carbocycles. The summed E-state index contributed by atoms with van der Waals surface area (Å²) in [5.74, 6) is 1.68. The molecule has 1 saturated carbocycles. The van der Waals surface area contributed by atoms with Gasteiger partial charge in [0.25, 0.3) is 0 Å². The molecule has 3 nitrogen and oxygen atoms in total. The first-order chi connectivity index (χ1) is 10.3. The maximum atomic E-state index is 5.49. The van der Waals surface area contributed by atoms with Crippen molar-refractivity contribution in [3.63, 3.8) is 0 Å². The van der Waals surface area contributed by atoms with Crippen molar-refractivity contribution in [2.45, 2.75) is 50.6 Å². The largest absolute Gasteiger partial charge is 0.495 e. The van der Waals surface area contributed by atoms with Gasteiger partial charge in [-0.05, 0) is 56.3 Å². The van der Waals surface area contributed by atoms with E-state index in [0.29, 0.717) is 12.1 Å². The predicted octanol–water partition coefficient (Wildman–Crippen LogP) is 4.18. The third-order valence-corrected chi connectivity index (χ3v) is 5.43. The molecule has 2 aliphatic rings. The van der Waals surface area contributed by atoms with Crippen molar-refractivity contribution < 1.29 is 4.74 Å². The summed E-state index contributed by atoms with van der Waals surface area (Å²) in [6.07, 6.45) is 7.97. The van der Waals surface area contributed by atoms with Crippen molar-refractivity contribution in [3.05, 3.63) is 22.7 Å². The Morgan fingerprint density at radius 3 is 2.86 bits per heavy atom. The fourth-order valence-corrected chi connectivity index (χ4v) is 4.25. The molecule has 3 rings (SSSR count). The molecule has 21 heavy (non-hydrogen) atoms. The zero-order valence-electron chi connectivity index (χ0n) is 12.7. The second-order valence-corrected chi connectivity index (χ2v) is 7.16. The van der Waals surface area contributed by atoms with Crippen LogP contribution >= 0.6 is 15.9 Å². The van der Waals surface area contributed by atoms with Crippen molar-refractivity contribution in [1.82, 2.24) is 5.32 Å². The number of hydrogen-bond donors (Lipinski definition) is 2. The van der Waals surface area contributed by atoms with Crippen LogP contribution in [0.15, 0.2) is 22.7 Å². The lowest BCUT2D eigenvalue weighted by molar-refractivity contribution is 0.286. The molecule has 3 unspecified atom stereocenters. The van der Waals surface area contributed by atoms with Crippen LogP contribution < -0.4 is 15.4 Å². The van der Waals surface area contributed by atoms with Crippen molar-refractivity contribution >= 4 is 21.6 Å². The number of halogens is 1. The van der Waals surface area contributed by atoms with Gasteiger partial charge >= 0.3 is 0 Å². The van der Waals surface area contributed by atoms with E-state index >= 15 is 0 Å². The summed E-state index contributed by atoms with van der Waals surface area (Å²) >= 11 is 3.56. The number of benzene rings is 1. The Morgan fingerprint density at radius 2 is 2.10 bits per heavy atom. The van der Waals surface area contributed by atoms with Crippen LogP contribution in [0.3, 0.4) is 0 Å². The average Bonchev–Trinajstić information content (AvgIpc) is 2.96. The van der Waals surface area contributed by atoms with Crippen LogP contribution in [0.2, 0.25) is 0 Å². The Hall–Kier alpha value is -0.740. The van der Waals surface area contributed by atoms with E-state index in [0.717, 1.165) is 21.8 Å². The SMILES string of the molecule is COc1ccc(Br)cc1NC1CCCC1C1CCCCN1. The molecule has 1 saturated heterocycles. The number of hydrogen-bond acceptors (Lipinski definition) is 3. The molecule has 2 N–H and O–H groups in total. The molecule has 0 spiro atoms. The Labute approximate surface area is 136 Å². The molecule has 116 valence electrons. The normalized spacial score (nSPS) is 29.3. The van der Waals surface area contributed by atoms with Crippen LogP contribution in [-0.2, 0) is 0 Å². The highest BCUT2D eigenvalue weighted by Crippen LogP contribution is 2.36. The van der Waals surface area contributed by atoms with E-state index in [1.165, 1.54) is 45.1 Å². The smallest absolute Gasteiger partial charge is 0.142 e. The van der Waals surface area contributed by atoms with E-state index in [-0.39, 0.29) is 0 Å². The Kier molecular flexibility index (Phi) is 5.07. The molecule has 0 radical (unpaired) electrons. The highest BCUT2D eigenvalue weighted by atomic mass is 79.9. The van der Waals surface area contributed by atoms with Crippen molar-refractivity contribution in [2.75, 3.05) is 19.0 Å². The van der Waals surface area contributed by atoms with Gasteiger partial charge in [0.1, 0.15) is 5.75 Å². The van der Waals surface area contributed by atoms with Gasteiger partial charge in [0, 0.05) is 16.6 Å². The van der Waals surface area contributed by atoms with Gasteiger partial charge in [0.15, 0.2) is 0 Å². The number of rotatable bonds is 4. The molecular weight excluding hydrogens is 328 g/mol.